The standard InChI is InChI=1S/C20H26N2/c21-15-6-2-5-7-18-10-12-19(13-11-18)14-16-22-17-20-8-3-1-4-9-20/h1,3-4,8-13,15,21-22H,2,5-7,14,16-17H2. The molecule has 2 N–H and O–H groups in total. The summed E-state index contributed by atoms with van der Waals surface area (Å²) in [7, 11) is 0. The van der Waals surface area contributed by atoms with Gasteiger partial charge in [-0.1, -0.05) is 54.6 Å². The Labute approximate surface area is 134 Å². The highest BCUT2D eigenvalue weighted by Gasteiger charge is 1.97. The average molecular weight is 294 g/mol. The SMILES string of the molecule is N=CCCCCc1ccc(CCNCc2ccccc2)cc1. The zero-order chi connectivity index (χ0) is 15.5. The first-order valence-electron chi connectivity index (χ1n) is 8.20. The molecule has 0 fully saturated rings. The fourth-order valence-corrected chi connectivity index (χ4v) is 2.51. The van der Waals surface area contributed by atoms with Crippen molar-refractivity contribution in [2.24, 2.45) is 0 Å². The van der Waals surface area contributed by atoms with Gasteiger partial charge in [0.2, 0.25) is 0 Å². The van der Waals surface area contributed by atoms with E-state index in [1.165, 1.54) is 29.3 Å². The molecule has 2 heteroatoms. The highest BCUT2D eigenvalue weighted by Crippen LogP contribution is 2.09. The maximum absolute atomic E-state index is 7.02. The summed E-state index contributed by atoms with van der Waals surface area (Å²) in [5, 5.41) is 10.5. The Bertz CT molecular complexity index is 531. The van der Waals surface area contributed by atoms with Gasteiger partial charge in [0.15, 0.2) is 0 Å². The van der Waals surface area contributed by atoms with E-state index in [0.29, 0.717) is 0 Å². The number of aryl methyl sites for hydroxylation is 1. The van der Waals surface area contributed by atoms with E-state index in [9.17, 15) is 0 Å². The molecule has 0 aliphatic rings. The molecule has 0 bridgehead atoms. The molecule has 0 heterocycles. The topological polar surface area (TPSA) is 35.9 Å². The van der Waals surface area contributed by atoms with E-state index in [0.717, 1.165) is 38.8 Å². The lowest BCUT2D eigenvalue weighted by Crippen LogP contribution is -2.16. The summed E-state index contributed by atoms with van der Waals surface area (Å²) in [6.45, 7) is 1.94. The van der Waals surface area contributed by atoms with Gasteiger partial charge >= 0.3 is 0 Å². The van der Waals surface area contributed by atoms with E-state index in [2.05, 4.69) is 59.9 Å². The Hall–Kier alpha value is -1.93. The Morgan fingerprint density at radius 3 is 2.14 bits per heavy atom. The van der Waals surface area contributed by atoms with Crippen molar-refractivity contribution in [3.63, 3.8) is 0 Å². The largest absolute Gasteiger partial charge is 0.313 e. The van der Waals surface area contributed by atoms with Crippen molar-refractivity contribution >= 4 is 6.21 Å². The molecule has 0 aromatic heterocycles. The van der Waals surface area contributed by atoms with Crippen LogP contribution in [0.3, 0.4) is 0 Å². The van der Waals surface area contributed by atoms with E-state index < -0.39 is 0 Å². The highest BCUT2D eigenvalue weighted by atomic mass is 14.8. The van der Waals surface area contributed by atoms with E-state index in [1.54, 1.807) is 0 Å². The van der Waals surface area contributed by atoms with E-state index >= 15 is 0 Å². The molecule has 0 saturated heterocycles. The van der Waals surface area contributed by atoms with Crippen LogP contribution in [0.2, 0.25) is 0 Å². The highest BCUT2D eigenvalue weighted by molar-refractivity contribution is 5.52. The first-order valence-corrected chi connectivity index (χ1v) is 8.20. The summed E-state index contributed by atoms with van der Waals surface area (Å²) in [5.41, 5.74) is 4.14. The number of hydrogen-bond donors (Lipinski definition) is 2. The fourth-order valence-electron chi connectivity index (χ4n) is 2.51. The molecule has 22 heavy (non-hydrogen) atoms. The third-order valence-corrected chi connectivity index (χ3v) is 3.85. The second-order valence-corrected chi connectivity index (χ2v) is 5.68. The maximum Gasteiger partial charge on any atom is 0.0205 e. The van der Waals surface area contributed by atoms with Crippen LogP contribution in [0.1, 0.15) is 36.0 Å². The van der Waals surface area contributed by atoms with Crippen LogP contribution in [0.4, 0.5) is 0 Å². The fraction of sp³-hybridized carbons (Fsp3) is 0.350. The zero-order valence-electron chi connectivity index (χ0n) is 13.2. The molecule has 0 amide bonds. The summed E-state index contributed by atoms with van der Waals surface area (Å²) in [4.78, 5) is 0. The minimum absolute atomic E-state index is 0.908. The van der Waals surface area contributed by atoms with E-state index in [-0.39, 0.29) is 0 Å². The molecular formula is C20H26N2. The average Bonchev–Trinajstić information content (AvgIpc) is 2.58. The molecule has 2 aromatic rings. The van der Waals surface area contributed by atoms with Gasteiger partial charge in [-0.25, -0.2) is 0 Å². The van der Waals surface area contributed by atoms with Crippen molar-refractivity contribution in [3.8, 4) is 0 Å². The van der Waals surface area contributed by atoms with E-state index in [1.807, 2.05) is 0 Å². The Balaban J connectivity index is 1.64. The van der Waals surface area contributed by atoms with Crippen molar-refractivity contribution in [2.45, 2.75) is 38.6 Å². The van der Waals surface area contributed by atoms with E-state index in [4.69, 9.17) is 5.41 Å². The number of nitrogens with one attached hydrogen (secondary N) is 2. The van der Waals surface area contributed by atoms with Crippen LogP contribution in [0.15, 0.2) is 54.6 Å². The molecule has 0 aliphatic heterocycles. The molecule has 2 nitrogen and oxygen atoms in total. The number of rotatable bonds is 10. The van der Waals surface area contributed by atoms with Crippen molar-refractivity contribution in [2.75, 3.05) is 6.54 Å². The van der Waals surface area contributed by atoms with Crippen molar-refractivity contribution < 1.29 is 0 Å². The summed E-state index contributed by atoms with van der Waals surface area (Å²) in [6, 6.07) is 19.5. The summed E-state index contributed by atoms with van der Waals surface area (Å²) >= 11 is 0. The lowest BCUT2D eigenvalue weighted by Gasteiger charge is -2.06. The normalized spacial score (nSPS) is 10.5. The van der Waals surface area contributed by atoms with Crippen LogP contribution in [0.25, 0.3) is 0 Å². The van der Waals surface area contributed by atoms with Gasteiger partial charge in [0.25, 0.3) is 0 Å². The van der Waals surface area contributed by atoms with Gasteiger partial charge in [-0.05, 0) is 61.6 Å². The molecule has 0 radical (unpaired) electrons. The Kier molecular flexibility index (Phi) is 7.40. The smallest absolute Gasteiger partial charge is 0.0205 e. The first-order chi connectivity index (χ1) is 10.9. The predicted molar refractivity (Wildman–Crippen MR) is 94.6 cm³/mol. The van der Waals surface area contributed by atoms with Crippen LogP contribution in [-0.2, 0) is 19.4 Å². The predicted octanol–water partition coefficient (Wildman–Crippen LogP) is 4.38. The molecular weight excluding hydrogens is 268 g/mol. The van der Waals surface area contributed by atoms with Crippen molar-refractivity contribution in [1.82, 2.24) is 5.32 Å². The molecule has 0 aliphatic carbocycles. The van der Waals surface area contributed by atoms with Gasteiger partial charge in [-0.15, -0.1) is 0 Å². The molecule has 0 unspecified atom stereocenters. The van der Waals surface area contributed by atoms with Gasteiger partial charge in [0.1, 0.15) is 0 Å². The molecule has 0 spiro atoms. The number of hydrogen-bond acceptors (Lipinski definition) is 2. The zero-order valence-corrected chi connectivity index (χ0v) is 13.2. The monoisotopic (exact) mass is 294 g/mol. The third kappa shape index (κ3) is 6.23. The molecule has 0 atom stereocenters. The molecule has 2 rings (SSSR count). The number of unbranched alkanes of at least 4 members (excludes halogenated alkanes) is 2. The van der Waals surface area contributed by atoms with Gasteiger partial charge in [-0.2, -0.15) is 0 Å². The molecule has 116 valence electrons. The third-order valence-electron chi connectivity index (χ3n) is 3.85. The summed E-state index contributed by atoms with van der Waals surface area (Å²) in [5.74, 6) is 0. The second-order valence-electron chi connectivity index (χ2n) is 5.68. The lowest BCUT2D eigenvalue weighted by atomic mass is 10.0. The molecule has 0 saturated carbocycles. The van der Waals surface area contributed by atoms with Gasteiger partial charge < -0.3 is 10.7 Å². The minimum atomic E-state index is 0.908. The Morgan fingerprint density at radius 2 is 1.45 bits per heavy atom. The molecule has 2 aromatic carbocycles. The van der Waals surface area contributed by atoms with Crippen molar-refractivity contribution in [3.05, 3.63) is 71.3 Å². The van der Waals surface area contributed by atoms with Gasteiger partial charge in [0, 0.05) is 6.54 Å². The lowest BCUT2D eigenvalue weighted by molar-refractivity contribution is 0.686. The van der Waals surface area contributed by atoms with Crippen LogP contribution in [0, 0.1) is 5.41 Å². The quantitative estimate of drug-likeness (QED) is 0.495. The van der Waals surface area contributed by atoms with Crippen LogP contribution in [0.5, 0.6) is 0 Å². The van der Waals surface area contributed by atoms with Crippen LogP contribution < -0.4 is 5.32 Å². The minimum Gasteiger partial charge on any atom is -0.313 e. The van der Waals surface area contributed by atoms with Crippen LogP contribution >= 0.6 is 0 Å². The summed E-state index contributed by atoms with van der Waals surface area (Å²) in [6.07, 6.45) is 6.90. The Morgan fingerprint density at radius 1 is 0.773 bits per heavy atom. The summed E-state index contributed by atoms with van der Waals surface area (Å²) < 4.78 is 0. The van der Waals surface area contributed by atoms with Gasteiger partial charge in [0.05, 0.1) is 0 Å². The first kappa shape index (κ1) is 16.4. The second kappa shape index (κ2) is 9.91. The maximum atomic E-state index is 7.02. The van der Waals surface area contributed by atoms with Crippen LogP contribution in [-0.4, -0.2) is 12.8 Å². The van der Waals surface area contributed by atoms with Gasteiger partial charge in [-0.3, -0.25) is 0 Å². The van der Waals surface area contributed by atoms with Crippen molar-refractivity contribution in [1.29, 1.82) is 5.41 Å². The number of benzene rings is 2.